The fourth-order valence-corrected chi connectivity index (χ4v) is 3.37. The minimum atomic E-state index is 0.724. The van der Waals surface area contributed by atoms with Crippen LogP contribution in [0.3, 0.4) is 0 Å². The second kappa shape index (κ2) is 7.21. The summed E-state index contributed by atoms with van der Waals surface area (Å²) in [4.78, 5) is 5.27. The van der Waals surface area contributed by atoms with Gasteiger partial charge in [0.05, 0.1) is 13.2 Å². The van der Waals surface area contributed by atoms with Gasteiger partial charge in [-0.05, 0) is 24.9 Å². The predicted molar refractivity (Wildman–Crippen MR) is 81.8 cm³/mol. The normalized spacial score (nSPS) is 25.7. The largest absolute Gasteiger partial charge is 0.379 e. The molecule has 2 fully saturated rings. The van der Waals surface area contributed by atoms with E-state index < -0.39 is 0 Å². The monoisotopic (exact) mass is 274 g/mol. The molecule has 0 spiro atoms. The van der Waals surface area contributed by atoms with Crippen molar-refractivity contribution in [3.63, 3.8) is 0 Å². The molecule has 0 aromatic heterocycles. The molecule has 110 valence electrons. The van der Waals surface area contributed by atoms with Gasteiger partial charge in [-0.15, -0.1) is 0 Å². The van der Waals surface area contributed by atoms with Crippen molar-refractivity contribution >= 4 is 0 Å². The molecule has 20 heavy (non-hydrogen) atoms. The first-order valence-corrected chi connectivity index (χ1v) is 8.00. The SMILES string of the molecule is c1ccc(CN2CCCCC2CN2CCOCC2)cc1. The lowest BCUT2D eigenvalue weighted by Gasteiger charge is -2.39. The van der Waals surface area contributed by atoms with Gasteiger partial charge in [-0.2, -0.15) is 0 Å². The van der Waals surface area contributed by atoms with E-state index in [1.165, 1.54) is 37.9 Å². The number of piperidine rings is 1. The molecule has 0 amide bonds. The van der Waals surface area contributed by atoms with E-state index in [2.05, 4.69) is 40.1 Å². The van der Waals surface area contributed by atoms with Crippen molar-refractivity contribution in [3.05, 3.63) is 35.9 Å². The third-order valence-corrected chi connectivity index (χ3v) is 4.55. The third kappa shape index (κ3) is 3.81. The Morgan fingerprint density at radius 3 is 2.60 bits per heavy atom. The van der Waals surface area contributed by atoms with Crippen LogP contribution in [0.1, 0.15) is 24.8 Å². The zero-order chi connectivity index (χ0) is 13.6. The Labute approximate surface area is 122 Å². The number of ether oxygens (including phenoxy) is 1. The first kappa shape index (κ1) is 14.1. The highest BCUT2D eigenvalue weighted by atomic mass is 16.5. The number of nitrogens with zero attached hydrogens (tertiary/aromatic N) is 2. The maximum absolute atomic E-state index is 5.46. The molecule has 2 saturated heterocycles. The molecule has 2 heterocycles. The van der Waals surface area contributed by atoms with Gasteiger partial charge in [0.25, 0.3) is 0 Å². The van der Waals surface area contributed by atoms with E-state index in [-0.39, 0.29) is 0 Å². The molecule has 3 heteroatoms. The highest BCUT2D eigenvalue weighted by Gasteiger charge is 2.25. The number of benzene rings is 1. The van der Waals surface area contributed by atoms with Gasteiger partial charge >= 0.3 is 0 Å². The Balaban J connectivity index is 1.58. The molecule has 3 nitrogen and oxygen atoms in total. The summed E-state index contributed by atoms with van der Waals surface area (Å²) in [5.74, 6) is 0. The van der Waals surface area contributed by atoms with Crippen molar-refractivity contribution in [2.24, 2.45) is 0 Å². The Morgan fingerprint density at radius 2 is 1.80 bits per heavy atom. The Morgan fingerprint density at radius 1 is 1.00 bits per heavy atom. The summed E-state index contributed by atoms with van der Waals surface area (Å²) in [5.41, 5.74) is 1.45. The Kier molecular flexibility index (Phi) is 5.06. The molecule has 1 unspecified atom stereocenters. The second-order valence-corrected chi connectivity index (χ2v) is 6.02. The fourth-order valence-electron chi connectivity index (χ4n) is 3.37. The van der Waals surface area contributed by atoms with Crippen molar-refractivity contribution in [3.8, 4) is 0 Å². The zero-order valence-corrected chi connectivity index (χ0v) is 12.3. The van der Waals surface area contributed by atoms with Gasteiger partial charge in [0.15, 0.2) is 0 Å². The summed E-state index contributed by atoms with van der Waals surface area (Å²) < 4.78 is 5.46. The van der Waals surface area contributed by atoms with Crippen molar-refractivity contribution in [1.29, 1.82) is 0 Å². The number of likely N-dealkylation sites (tertiary alicyclic amines) is 1. The summed E-state index contributed by atoms with van der Waals surface area (Å²) in [7, 11) is 0. The maximum Gasteiger partial charge on any atom is 0.0594 e. The van der Waals surface area contributed by atoms with E-state index in [0.717, 1.165) is 38.9 Å². The van der Waals surface area contributed by atoms with Crippen molar-refractivity contribution in [2.45, 2.75) is 31.8 Å². The molecule has 1 atom stereocenters. The van der Waals surface area contributed by atoms with Crippen LogP contribution in [-0.4, -0.2) is 55.2 Å². The van der Waals surface area contributed by atoms with Crippen LogP contribution in [0.5, 0.6) is 0 Å². The van der Waals surface area contributed by atoms with Crippen LogP contribution < -0.4 is 0 Å². The first-order valence-electron chi connectivity index (χ1n) is 8.00. The average Bonchev–Trinajstić information content (AvgIpc) is 2.51. The van der Waals surface area contributed by atoms with E-state index in [1.54, 1.807) is 0 Å². The lowest BCUT2D eigenvalue weighted by Crippen LogP contribution is -2.49. The van der Waals surface area contributed by atoms with Gasteiger partial charge in [-0.3, -0.25) is 9.80 Å². The molecule has 0 bridgehead atoms. The van der Waals surface area contributed by atoms with Crippen molar-refractivity contribution < 1.29 is 4.74 Å². The first-order chi connectivity index (χ1) is 9.92. The van der Waals surface area contributed by atoms with Crippen LogP contribution in [0.25, 0.3) is 0 Å². The number of morpholine rings is 1. The van der Waals surface area contributed by atoms with Gasteiger partial charge in [0, 0.05) is 32.2 Å². The average molecular weight is 274 g/mol. The van der Waals surface area contributed by atoms with Crippen LogP contribution in [0.4, 0.5) is 0 Å². The molecule has 0 saturated carbocycles. The fraction of sp³-hybridized carbons (Fsp3) is 0.647. The topological polar surface area (TPSA) is 15.7 Å². The number of rotatable bonds is 4. The van der Waals surface area contributed by atoms with Crippen molar-refractivity contribution in [1.82, 2.24) is 9.80 Å². The van der Waals surface area contributed by atoms with E-state index in [9.17, 15) is 0 Å². The molecular weight excluding hydrogens is 248 g/mol. The lowest BCUT2D eigenvalue weighted by molar-refractivity contribution is 0.0153. The summed E-state index contributed by atoms with van der Waals surface area (Å²) in [6, 6.07) is 11.6. The molecule has 0 aliphatic carbocycles. The van der Waals surface area contributed by atoms with Crippen LogP contribution in [0.15, 0.2) is 30.3 Å². The molecule has 3 rings (SSSR count). The van der Waals surface area contributed by atoms with Gasteiger partial charge in [-0.1, -0.05) is 36.8 Å². The summed E-state index contributed by atoms with van der Waals surface area (Å²) >= 11 is 0. The van der Waals surface area contributed by atoms with Gasteiger partial charge in [0.1, 0.15) is 0 Å². The Hall–Kier alpha value is -0.900. The summed E-state index contributed by atoms with van der Waals surface area (Å²) in [6.07, 6.45) is 4.09. The maximum atomic E-state index is 5.46. The molecule has 0 N–H and O–H groups in total. The Bertz CT molecular complexity index is 389. The van der Waals surface area contributed by atoms with E-state index in [1.807, 2.05) is 0 Å². The zero-order valence-electron chi connectivity index (χ0n) is 12.3. The van der Waals surface area contributed by atoms with Crippen LogP contribution >= 0.6 is 0 Å². The van der Waals surface area contributed by atoms with Gasteiger partial charge < -0.3 is 4.74 Å². The van der Waals surface area contributed by atoms with Crippen LogP contribution in [0.2, 0.25) is 0 Å². The standard InChI is InChI=1S/C17H26N2O/c1-2-6-16(7-3-1)14-19-9-5-4-8-17(19)15-18-10-12-20-13-11-18/h1-3,6-7,17H,4-5,8-15H2. The molecular formula is C17H26N2O. The summed E-state index contributed by atoms with van der Waals surface area (Å²) in [5, 5.41) is 0. The van der Waals surface area contributed by atoms with Gasteiger partial charge in [0.2, 0.25) is 0 Å². The van der Waals surface area contributed by atoms with Crippen LogP contribution in [0, 0.1) is 0 Å². The lowest BCUT2D eigenvalue weighted by atomic mass is 10.0. The number of hydrogen-bond donors (Lipinski definition) is 0. The second-order valence-electron chi connectivity index (χ2n) is 6.02. The van der Waals surface area contributed by atoms with E-state index in [0.29, 0.717) is 0 Å². The molecule has 1 aromatic rings. The molecule has 0 radical (unpaired) electrons. The minimum absolute atomic E-state index is 0.724. The smallest absolute Gasteiger partial charge is 0.0594 e. The minimum Gasteiger partial charge on any atom is -0.379 e. The summed E-state index contributed by atoms with van der Waals surface area (Å²) in [6.45, 7) is 7.61. The van der Waals surface area contributed by atoms with Crippen molar-refractivity contribution in [2.75, 3.05) is 39.4 Å². The highest BCUT2D eigenvalue weighted by Crippen LogP contribution is 2.20. The number of hydrogen-bond acceptors (Lipinski definition) is 3. The third-order valence-electron chi connectivity index (χ3n) is 4.55. The molecule has 2 aliphatic rings. The van der Waals surface area contributed by atoms with E-state index >= 15 is 0 Å². The highest BCUT2D eigenvalue weighted by molar-refractivity contribution is 5.14. The molecule has 2 aliphatic heterocycles. The predicted octanol–water partition coefficient (Wildman–Crippen LogP) is 2.37. The van der Waals surface area contributed by atoms with E-state index in [4.69, 9.17) is 4.74 Å². The van der Waals surface area contributed by atoms with Crippen LogP contribution in [-0.2, 0) is 11.3 Å². The van der Waals surface area contributed by atoms with Gasteiger partial charge in [-0.25, -0.2) is 0 Å². The molecule has 1 aromatic carbocycles. The quantitative estimate of drug-likeness (QED) is 0.838.